The van der Waals surface area contributed by atoms with Crippen LogP contribution in [0.1, 0.15) is 0 Å². The Morgan fingerprint density at radius 2 is 2.38 bits per heavy atom. The summed E-state index contributed by atoms with van der Waals surface area (Å²) < 4.78 is 0. The standard InChI is InChI=1S/C3H7B2N3/c1-5-3-6-2(4)7-8-3/h5H,4H2,1H3,(H,6,7,8). The third-order valence-electron chi connectivity index (χ3n) is 0.981. The van der Waals surface area contributed by atoms with Crippen LogP contribution in [0.5, 0.6) is 0 Å². The van der Waals surface area contributed by atoms with E-state index < -0.39 is 0 Å². The normalized spacial score (nSPS) is 9.12. The van der Waals surface area contributed by atoms with Gasteiger partial charge in [-0.15, -0.1) is 10.2 Å². The van der Waals surface area contributed by atoms with E-state index in [2.05, 4.69) is 15.2 Å². The molecule has 0 aliphatic carbocycles. The van der Waals surface area contributed by atoms with Crippen molar-refractivity contribution < 1.29 is 0 Å². The number of nitrogens with one attached hydrogen (secondary N) is 1. The van der Waals surface area contributed by atoms with Crippen LogP contribution in [0.4, 0.5) is 0 Å². The number of hydrogen-bond donors (Lipinski definition) is 1. The molecule has 0 bridgehead atoms. The molecule has 0 aliphatic rings. The van der Waals surface area contributed by atoms with Crippen LogP contribution in [0.25, 0.3) is 0 Å². The molecule has 1 aromatic rings. The smallest absolute Gasteiger partial charge is 0.203 e. The highest BCUT2D eigenvalue weighted by Gasteiger charge is 1.92. The lowest BCUT2D eigenvalue weighted by molar-refractivity contribution is 1.14. The average Bonchev–Trinajstić information content (AvgIpc) is 2.14. The third kappa shape index (κ3) is 0.911. The first-order chi connectivity index (χ1) is 3.83. The molecule has 1 N–H and O–H groups in total. The summed E-state index contributed by atoms with van der Waals surface area (Å²) in [7, 11) is 2.83. The molecule has 0 spiro atoms. The fourth-order valence-corrected chi connectivity index (χ4v) is 0.553. The Hall–Kier alpha value is -0.730. The Morgan fingerprint density at radius 3 is 2.62 bits per heavy atom. The van der Waals surface area contributed by atoms with E-state index in [1.54, 1.807) is 0 Å². The molecular formula is C3H7B2N3. The Labute approximate surface area is 49.6 Å². The number of aromatic nitrogens is 3. The lowest BCUT2D eigenvalue weighted by atomic mass is 9.82. The van der Waals surface area contributed by atoms with Gasteiger partial charge in [0.2, 0.25) is 7.28 Å². The fraction of sp³-hybridized carbons (Fsp3) is 0.333. The van der Waals surface area contributed by atoms with Gasteiger partial charge in [0, 0.05) is 0 Å². The van der Waals surface area contributed by atoms with Crippen molar-refractivity contribution in [2.45, 2.75) is 6.82 Å². The minimum absolute atomic E-state index is 0.891. The van der Waals surface area contributed by atoms with Gasteiger partial charge in [-0.3, -0.25) is 0 Å². The van der Waals surface area contributed by atoms with E-state index in [0.717, 1.165) is 18.7 Å². The summed E-state index contributed by atoms with van der Waals surface area (Å²) in [6, 6.07) is 0. The van der Waals surface area contributed by atoms with Crippen molar-refractivity contribution >= 4 is 26.6 Å². The van der Waals surface area contributed by atoms with Gasteiger partial charge in [0.1, 0.15) is 0 Å². The summed E-state index contributed by atoms with van der Waals surface area (Å²) in [6.45, 7) is 2.04. The van der Waals surface area contributed by atoms with Crippen molar-refractivity contribution in [1.29, 1.82) is 0 Å². The zero-order valence-corrected chi connectivity index (χ0v) is 5.10. The van der Waals surface area contributed by atoms with Crippen molar-refractivity contribution in [3.63, 3.8) is 0 Å². The van der Waals surface area contributed by atoms with Crippen LogP contribution in [0.15, 0.2) is 0 Å². The van der Waals surface area contributed by atoms with Crippen LogP contribution in [0.3, 0.4) is 0 Å². The molecule has 0 saturated heterocycles. The molecule has 8 heavy (non-hydrogen) atoms. The van der Waals surface area contributed by atoms with Gasteiger partial charge in [-0.1, -0.05) is 6.82 Å². The second kappa shape index (κ2) is 2.03. The Kier molecular flexibility index (Phi) is 1.37. The molecule has 0 amide bonds. The first-order valence-electron chi connectivity index (χ1n) is 2.71. The van der Waals surface area contributed by atoms with E-state index in [4.69, 9.17) is 0 Å². The second-order valence-electron chi connectivity index (χ2n) is 1.71. The summed E-state index contributed by atoms with van der Waals surface area (Å²) in [4.78, 5) is 3.00. The first-order valence-corrected chi connectivity index (χ1v) is 2.71. The third-order valence-corrected chi connectivity index (χ3v) is 0.981. The SMILES string of the molecule is Bc1nnc(BC)[nH]1. The highest BCUT2D eigenvalue weighted by molar-refractivity contribution is 6.50. The Balaban J connectivity index is 2.84. The van der Waals surface area contributed by atoms with Gasteiger partial charge in [-0.05, 0) is 0 Å². The van der Waals surface area contributed by atoms with Crippen LogP contribution < -0.4 is 11.4 Å². The van der Waals surface area contributed by atoms with Crippen molar-refractivity contribution in [3.05, 3.63) is 0 Å². The van der Waals surface area contributed by atoms with Gasteiger partial charge < -0.3 is 4.98 Å². The van der Waals surface area contributed by atoms with Gasteiger partial charge in [0.15, 0.2) is 7.85 Å². The van der Waals surface area contributed by atoms with Gasteiger partial charge in [-0.2, -0.15) is 0 Å². The van der Waals surface area contributed by atoms with E-state index in [1.807, 2.05) is 14.7 Å². The number of hydrogen-bond acceptors (Lipinski definition) is 2. The molecule has 40 valence electrons. The summed E-state index contributed by atoms with van der Waals surface area (Å²) in [5.74, 6) is 0. The highest BCUT2D eigenvalue weighted by Crippen LogP contribution is 1.54. The van der Waals surface area contributed by atoms with E-state index in [-0.39, 0.29) is 0 Å². The van der Waals surface area contributed by atoms with Crippen LogP contribution in [0.2, 0.25) is 6.82 Å². The molecule has 0 radical (unpaired) electrons. The molecule has 1 rings (SSSR count). The molecule has 0 unspecified atom stereocenters. The molecule has 5 heteroatoms. The molecular weight excluding hydrogens is 99.7 g/mol. The zero-order chi connectivity index (χ0) is 5.98. The van der Waals surface area contributed by atoms with Crippen molar-refractivity contribution in [1.82, 2.24) is 15.2 Å². The number of aromatic amines is 1. The van der Waals surface area contributed by atoms with Crippen LogP contribution in [-0.2, 0) is 0 Å². The van der Waals surface area contributed by atoms with Gasteiger partial charge in [-0.25, -0.2) is 0 Å². The van der Waals surface area contributed by atoms with E-state index in [0.29, 0.717) is 0 Å². The van der Waals surface area contributed by atoms with Crippen LogP contribution in [-0.4, -0.2) is 30.3 Å². The molecule has 0 atom stereocenters. The van der Waals surface area contributed by atoms with Gasteiger partial charge in [0.25, 0.3) is 0 Å². The summed E-state index contributed by atoms with van der Waals surface area (Å²) in [5.41, 5.74) is 1.85. The topological polar surface area (TPSA) is 41.6 Å². The lowest BCUT2D eigenvalue weighted by Crippen LogP contribution is -2.18. The molecule has 1 heterocycles. The van der Waals surface area contributed by atoms with Crippen LogP contribution >= 0.6 is 0 Å². The quantitative estimate of drug-likeness (QED) is 0.393. The fourth-order valence-electron chi connectivity index (χ4n) is 0.553. The monoisotopic (exact) mass is 107 g/mol. The minimum atomic E-state index is 0.891. The van der Waals surface area contributed by atoms with E-state index in [9.17, 15) is 0 Å². The Bertz CT molecular complexity index is 173. The molecule has 0 aliphatic heterocycles. The Morgan fingerprint density at radius 1 is 1.62 bits per heavy atom. The van der Waals surface area contributed by atoms with Gasteiger partial charge >= 0.3 is 0 Å². The number of H-pyrrole nitrogens is 1. The maximum absolute atomic E-state index is 3.83. The molecule has 1 aromatic heterocycles. The number of nitrogens with zero attached hydrogens (tertiary/aromatic N) is 2. The zero-order valence-electron chi connectivity index (χ0n) is 5.10. The molecule has 3 nitrogen and oxygen atoms in total. The average molecular weight is 107 g/mol. The van der Waals surface area contributed by atoms with E-state index in [1.165, 1.54) is 0 Å². The largest absolute Gasteiger partial charge is 0.346 e. The lowest BCUT2D eigenvalue weighted by Gasteiger charge is -1.77. The first kappa shape index (κ1) is 5.41. The van der Waals surface area contributed by atoms with Crippen molar-refractivity contribution in [2.75, 3.05) is 0 Å². The highest BCUT2D eigenvalue weighted by atomic mass is 15.2. The van der Waals surface area contributed by atoms with Crippen molar-refractivity contribution in [2.24, 2.45) is 0 Å². The number of rotatable bonds is 1. The minimum Gasteiger partial charge on any atom is -0.346 e. The van der Waals surface area contributed by atoms with Crippen molar-refractivity contribution in [3.8, 4) is 0 Å². The summed E-state index contributed by atoms with van der Waals surface area (Å²) >= 11 is 0. The molecule has 0 saturated carbocycles. The van der Waals surface area contributed by atoms with Gasteiger partial charge in [0.05, 0.1) is 11.4 Å². The van der Waals surface area contributed by atoms with Crippen LogP contribution in [0, 0.1) is 0 Å². The maximum atomic E-state index is 3.83. The maximum Gasteiger partial charge on any atom is 0.203 e. The molecule has 0 fully saturated rings. The molecule has 0 aromatic carbocycles. The summed E-state index contributed by atoms with van der Waals surface area (Å²) in [6.07, 6.45) is 0. The summed E-state index contributed by atoms with van der Waals surface area (Å²) in [5, 5.41) is 7.61. The predicted molar refractivity (Wildman–Crippen MR) is 37.2 cm³/mol. The van der Waals surface area contributed by atoms with E-state index >= 15 is 0 Å². The predicted octanol–water partition coefficient (Wildman–Crippen LogP) is -2.83. The second-order valence-corrected chi connectivity index (χ2v) is 1.71.